The van der Waals surface area contributed by atoms with Crippen molar-refractivity contribution in [2.75, 3.05) is 13.6 Å². The lowest BCUT2D eigenvalue weighted by atomic mass is 10.1. The molecule has 1 unspecified atom stereocenters. The van der Waals surface area contributed by atoms with Crippen molar-refractivity contribution in [2.24, 2.45) is 0 Å². The zero-order chi connectivity index (χ0) is 19.6. The standard InChI is InChI=1S/C20H22N2O4S/c1-14(23)15-7-10-17(11-8-15)27(25,26)22(2)13-20(24)21-19-12-9-16-5-3-4-6-18(16)19/h3-8,10-11,19H,9,12-13H2,1-2H3,(H,21,24). The zero-order valence-electron chi connectivity index (χ0n) is 15.3. The van der Waals surface area contributed by atoms with E-state index in [2.05, 4.69) is 5.32 Å². The van der Waals surface area contributed by atoms with Crippen LogP contribution in [-0.4, -0.2) is 38.0 Å². The summed E-state index contributed by atoms with van der Waals surface area (Å²) in [7, 11) is -2.44. The van der Waals surface area contributed by atoms with Crippen LogP contribution < -0.4 is 5.32 Å². The number of hydrogen-bond acceptors (Lipinski definition) is 4. The van der Waals surface area contributed by atoms with Crippen LogP contribution in [0.4, 0.5) is 0 Å². The van der Waals surface area contributed by atoms with Crippen molar-refractivity contribution < 1.29 is 18.0 Å². The molecule has 1 N–H and O–H groups in total. The van der Waals surface area contributed by atoms with E-state index in [9.17, 15) is 18.0 Å². The van der Waals surface area contributed by atoms with Gasteiger partial charge in [0.15, 0.2) is 5.78 Å². The van der Waals surface area contributed by atoms with Gasteiger partial charge in [-0.3, -0.25) is 9.59 Å². The highest BCUT2D eigenvalue weighted by atomic mass is 32.2. The van der Waals surface area contributed by atoms with Gasteiger partial charge in [-0.1, -0.05) is 36.4 Å². The van der Waals surface area contributed by atoms with Gasteiger partial charge >= 0.3 is 0 Å². The van der Waals surface area contributed by atoms with E-state index < -0.39 is 10.0 Å². The van der Waals surface area contributed by atoms with E-state index in [-0.39, 0.29) is 29.2 Å². The van der Waals surface area contributed by atoms with Gasteiger partial charge < -0.3 is 5.32 Å². The number of carbonyl (C=O) groups excluding carboxylic acids is 2. The van der Waals surface area contributed by atoms with Gasteiger partial charge in [0, 0.05) is 12.6 Å². The van der Waals surface area contributed by atoms with E-state index in [4.69, 9.17) is 0 Å². The maximum absolute atomic E-state index is 12.6. The van der Waals surface area contributed by atoms with Crippen molar-refractivity contribution >= 4 is 21.7 Å². The summed E-state index contributed by atoms with van der Waals surface area (Å²) in [4.78, 5) is 23.8. The lowest BCUT2D eigenvalue weighted by molar-refractivity contribution is -0.121. The summed E-state index contributed by atoms with van der Waals surface area (Å²) in [5.41, 5.74) is 2.75. The van der Waals surface area contributed by atoms with Crippen LogP contribution in [0.25, 0.3) is 0 Å². The molecule has 0 aliphatic heterocycles. The SMILES string of the molecule is CC(=O)c1ccc(S(=O)(=O)N(C)CC(=O)NC2CCc3ccccc32)cc1. The highest BCUT2D eigenvalue weighted by molar-refractivity contribution is 7.89. The second kappa shape index (κ2) is 7.62. The van der Waals surface area contributed by atoms with E-state index in [1.807, 2.05) is 24.3 Å². The Balaban J connectivity index is 1.66. The van der Waals surface area contributed by atoms with Crippen molar-refractivity contribution in [1.29, 1.82) is 0 Å². The Morgan fingerprint density at radius 2 is 1.78 bits per heavy atom. The summed E-state index contributed by atoms with van der Waals surface area (Å²) in [6.07, 6.45) is 1.71. The molecule has 0 aromatic heterocycles. The number of benzene rings is 2. The van der Waals surface area contributed by atoms with Gasteiger partial charge in [0.2, 0.25) is 15.9 Å². The van der Waals surface area contributed by atoms with Crippen LogP contribution in [0.3, 0.4) is 0 Å². The van der Waals surface area contributed by atoms with Crippen molar-refractivity contribution in [1.82, 2.24) is 9.62 Å². The summed E-state index contributed by atoms with van der Waals surface area (Å²) < 4.78 is 26.3. The first-order chi connectivity index (χ1) is 12.8. The molecule has 0 saturated heterocycles. The average Bonchev–Trinajstić information content (AvgIpc) is 3.04. The molecule has 6 nitrogen and oxygen atoms in total. The topological polar surface area (TPSA) is 83.6 Å². The molecule has 0 spiro atoms. The third kappa shape index (κ3) is 4.09. The van der Waals surface area contributed by atoms with Crippen LogP contribution in [0, 0.1) is 0 Å². The Morgan fingerprint density at radius 3 is 2.44 bits per heavy atom. The molecule has 27 heavy (non-hydrogen) atoms. The molecular weight excluding hydrogens is 364 g/mol. The minimum Gasteiger partial charge on any atom is -0.348 e. The number of Topliss-reactive ketones (excluding diaryl/α,β-unsaturated/α-hetero) is 1. The van der Waals surface area contributed by atoms with E-state index in [1.54, 1.807) is 0 Å². The van der Waals surface area contributed by atoms with Gasteiger partial charge in [-0.25, -0.2) is 8.42 Å². The number of nitrogens with one attached hydrogen (secondary N) is 1. The maximum Gasteiger partial charge on any atom is 0.243 e. The molecule has 1 amide bonds. The van der Waals surface area contributed by atoms with E-state index in [0.29, 0.717) is 5.56 Å². The van der Waals surface area contributed by atoms with Gasteiger partial charge in [-0.2, -0.15) is 4.31 Å². The summed E-state index contributed by atoms with van der Waals surface area (Å²) in [6, 6.07) is 13.6. The molecule has 7 heteroatoms. The van der Waals surface area contributed by atoms with Crippen molar-refractivity contribution in [2.45, 2.75) is 30.7 Å². The predicted molar refractivity (Wildman–Crippen MR) is 102 cm³/mol. The number of aryl methyl sites for hydroxylation is 1. The van der Waals surface area contributed by atoms with Gasteiger partial charge in [-0.15, -0.1) is 0 Å². The Morgan fingerprint density at radius 1 is 1.11 bits per heavy atom. The summed E-state index contributed by atoms with van der Waals surface area (Å²) in [5, 5.41) is 2.92. The zero-order valence-corrected chi connectivity index (χ0v) is 16.1. The quantitative estimate of drug-likeness (QED) is 0.772. The highest BCUT2D eigenvalue weighted by Crippen LogP contribution is 2.30. The molecule has 3 rings (SSSR count). The first-order valence-electron chi connectivity index (χ1n) is 8.73. The minimum absolute atomic E-state index is 0.0500. The number of nitrogens with zero attached hydrogens (tertiary/aromatic N) is 1. The van der Waals surface area contributed by atoms with Crippen LogP contribution in [0.15, 0.2) is 53.4 Å². The second-order valence-corrected chi connectivity index (χ2v) is 8.74. The third-order valence-corrected chi connectivity index (χ3v) is 6.62. The Kier molecular flexibility index (Phi) is 5.43. The van der Waals surface area contributed by atoms with E-state index in [1.165, 1.54) is 43.8 Å². The second-order valence-electron chi connectivity index (χ2n) is 6.70. The van der Waals surface area contributed by atoms with Crippen LogP contribution in [0.5, 0.6) is 0 Å². The number of rotatable bonds is 6. The Bertz CT molecular complexity index is 968. The highest BCUT2D eigenvalue weighted by Gasteiger charge is 2.27. The molecule has 1 atom stereocenters. The van der Waals surface area contributed by atoms with Gasteiger partial charge in [0.05, 0.1) is 17.5 Å². The van der Waals surface area contributed by atoms with Gasteiger partial charge in [-0.05, 0) is 43.0 Å². The number of fused-ring (bicyclic) bond motifs is 1. The molecule has 2 aromatic rings. The predicted octanol–water partition coefficient (Wildman–Crippen LogP) is 2.31. The average molecular weight is 386 g/mol. The van der Waals surface area contributed by atoms with Crippen LogP contribution >= 0.6 is 0 Å². The molecule has 0 radical (unpaired) electrons. The molecule has 0 saturated carbocycles. The lowest BCUT2D eigenvalue weighted by Gasteiger charge is -2.19. The van der Waals surface area contributed by atoms with E-state index in [0.717, 1.165) is 22.7 Å². The number of likely N-dealkylation sites (N-methyl/N-ethyl adjacent to an activating group) is 1. The van der Waals surface area contributed by atoms with Gasteiger partial charge in [0.1, 0.15) is 0 Å². The monoisotopic (exact) mass is 386 g/mol. The fourth-order valence-electron chi connectivity index (χ4n) is 3.28. The number of ketones is 1. The summed E-state index contributed by atoms with van der Waals surface area (Å²) >= 11 is 0. The van der Waals surface area contributed by atoms with Crippen LogP contribution in [-0.2, 0) is 21.2 Å². The van der Waals surface area contributed by atoms with Crippen molar-refractivity contribution in [3.05, 3.63) is 65.2 Å². The molecule has 0 heterocycles. The molecule has 2 aromatic carbocycles. The van der Waals surface area contributed by atoms with Crippen LogP contribution in [0.2, 0.25) is 0 Å². The maximum atomic E-state index is 12.6. The molecule has 142 valence electrons. The number of carbonyl (C=O) groups is 2. The first kappa shape index (κ1) is 19.3. The van der Waals surface area contributed by atoms with Gasteiger partial charge in [0.25, 0.3) is 0 Å². The smallest absolute Gasteiger partial charge is 0.243 e. The lowest BCUT2D eigenvalue weighted by Crippen LogP contribution is -2.39. The largest absolute Gasteiger partial charge is 0.348 e. The fourth-order valence-corrected chi connectivity index (χ4v) is 4.40. The normalized spacial score (nSPS) is 16.2. The number of sulfonamides is 1. The summed E-state index contributed by atoms with van der Waals surface area (Å²) in [6.45, 7) is 1.15. The van der Waals surface area contributed by atoms with Crippen molar-refractivity contribution in [3.63, 3.8) is 0 Å². The molecule has 0 fully saturated rings. The Labute approximate surface area is 159 Å². The first-order valence-corrected chi connectivity index (χ1v) is 10.2. The number of hydrogen-bond donors (Lipinski definition) is 1. The minimum atomic E-state index is -3.81. The molecule has 1 aliphatic rings. The van der Waals surface area contributed by atoms with Crippen LogP contribution in [0.1, 0.15) is 40.9 Å². The summed E-state index contributed by atoms with van der Waals surface area (Å²) in [5.74, 6) is -0.480. The molecule has 0 bridgehead atoms. The van der Waals surface area contributed by atoms with E-state index >= 15 is 0 Å². The molecular formula is C20H22N2O4S. The Hall–Kier alpha value is -2.51. The molecule has 1 aliphatic carbocycles. The third-order valence-electron chi connectivity index (χ3n) is 4.80. The van der Waals surface area contributed by atoms with Crippen molar-refractivity contribution in [3.8, 4) is 0 Å². The fraction of sp³-hybridized carbons (Fsp3) is 0.300. The number of amides is 1.